The van der Waals surface area contributed by atoms with Crippen molar-refractivity contribution in [2.75, 3.05) is 19.7 Å². The van der Waals surface area contributed by atoms with Gasteiger partial charge in [-0.25, -0.2) is 4.39 Å². The summed E-state index contributed by atoms with van der Waals surface area (Å²) < 4.78 is 15.0. The minimum absolute atomic E-state index is 0.0228. The zero-order chi connectivity index (χ0) is 20.3. The number of rotatable bonds is 6. The van der Waals surface area contributed by atoms with Gasteiger partial charge in [-0.2, -0.15) is 5.10 Å². The first-order valence-electron chi connectivity index (χ1n) is 9.96. The number of hydrogen-bond acceptors (Lipinski definition) is 3. The number of piperidine rings is 1. The first-order valence-corrected chi connectivity index (χ1v) is 9.96. The van der Waals surface area contributed by atoms with Gasteiger partial charge in [-0.1, -0.05) is 12.1 Å². The monoisotopic (exact) mass is 387 g/mol. The van der Waals surface area contributed by atoms with Gasteiger partial charge < -0.3 is 10.0 Å². The van der Waals surface area contributed by atoms with E-state index in [1.54, 1.807) is 12.1 Å². The third kappa shape index (κ3) is 4.43. The van der Waals surface area contributed by atoms with E-state index in [0.29, 0.717) is 25.8 Å². The molecule has 0 aliphatic carbocycles. The molecule has 0 unspecified atom stereocenters. The van der Waals surface area contributed by atoms with E-state index in [2.05, 4.69) is 5.10 Å². The molecule has 1 saturated heterocycles. The van der Waals surface area contributed by atoms with Crippen LogP contribution in [-0.4, -0.2) is 45.4 Å². The van der Waals surface area contributed by atoms with Crippen molar-refractivity contribution in [3.05, 3.63) is 52.6 Å². The Hall–Kier alpha value is -2.21. The van der Waals surface area contributed by atoms with Crippen molar-refractivity contribution in [2.45, 2.75) is 46.0 Å². The Morgan fingerprint density at radius 2 is 2.00 bits per heavy atom. The van der Waals surface area contributed by atoms with Crippen LogP contribution in [0.3, 0.4) is 0 Å². The number of aliphatic hydroxyl groups is 1. The Morgan fingerprint density at radius 1 is 1.29 bits per heavy atom. The van der Waals surface area contributed by atoms with E-state index in [-0.39, 0.29) is 23.7 Å². The van der Waals surface area contributed by atoms with Gasteiger partial charge in [0.1, 0.15) is 5.82 Å². The third-order valence-corrected chi connectivity index (χ3v) is 6.09. The van der Waals surface area contributed by atoms with Gasteiger partial charge in [0.05, 0.1) is 12.3 Å². The summed E-state index contributed by atoms with van der Waals surface area (Å²) in [4.78, 5) is 14.8. The van der Waals surface area contributed by atoms with Gasteiger partial charge in [0.25, 0.3) is 0 Å². The number of likely N-dealkylation sites (tertiary alicyclic amines) is 1. The quantitative estimate of drug-likeness (QED) is 0.829. The van der Waals surface area contributed by atoms with Gasteiger partial charge in [0.15, 0.2) is 0 Å². The van der Waals surface area contributed by atoms with E-state index in [1.165, 1.54) is 12.1 Å². The molecule has 28 heavy (non-hydrogen) atoms. The van der Waals surface area contributed by atoms with Gasteiger partial charge in [-0.05, 0) is 62.8 Å². The van der Waals surface area contributed by atoms with Crippen molar-refractivity contribution in [3.63, 3.8) is 0 Å². The summed E-state index contributed by atoms with van der Waals surface area (Å²) in [5, 5.41) is 14.5. The summed E-state index contributed by atoms with van der Waals surface area (Å²) in [7, 11) is 1.92. The summed E-state index contributed by atoms with van der Waals surface area (Å²) in [6, 6.07) is 6.43. The Balaban J connectivity index is 1.65. The lowest BCUT2D eigenvalue weighted by Crippen LogP contribution is -2.49. The Kier molecular flexibility index (Phi) is 6.18. The Labute approximate surface area is 166 Å². The molecule has 6 heteroatoms. The lowest BCUT2D eigenvalue weighted by Gasteiger charge is -2.42. The van der Waals surface area contributed by atoms with Crippen LogP contribution in [0.4, 0.5) is 4.39 Å². The summed E-state index contributed by atoms with van der Waals surface area (Å²) in [5.74, 6) is -0.137. The van der Waals surface area contributed by atoms with E-state index >= 15 is 0 Å². The standard InChI is InChI=1S/C22H30FN3O2/c1-16-20(17(2)25(3)24-16)9-10-21(28)26-12-4-11-22(14-26,15-27)13-18-5-7-19(23)8-6-18/h5-8,27H,4,9-15H2,1-3H3/t22-/m1/s1. The predicted molar refractivity (Wildman–Crippen MR) is 106 cm³/mol. The molecule has 5 nitrogen and oxygen atoms in total. The molecule has 1 N–H and O–H groups in total. The minimum Gasteiger partial charge on any atom is -0.396 e. The van der Waals surface area contributed by atoms with Crippen LogP contribution in [0.1, 0.15) is 41.8 Å². The molecule has 0 saturated carbocycles. The van der Waals surface area contributed by atoms with Crippen LogP contribution in [-0.2, 0) is 24.7 Å². The lowest BCUT2D eigenvalue weighted by molar-refractivity contribution is -0.135. The van der Waals surface area contributed by atoms with Gasteiger partial charge >= 0.3 is 0 Å². The summed E-state index contributed by atoms with van der Waals surface area (Å²) in [5.41, 5.74) is 3.86. The molecule has 1 fully saturated rings. The summed E-state index contributed by atoms with van der Waals surface area (Å²) >= 11 is 0. The molecule has 0 bridgehead atoms. The first-order chi connectivity index (χ1) is 13.3. The number of hydrogen-bond donors (Lipinski definition) is 1. The number of aryl methyl sites for hydroxylation is 2. The Bertz CT molecular complexity index is 831. The van der Waals surface area contributed by atoms with Crippen LogP contribution in [0.5, 0.6) is 0 Å². The molecule has 1 aromatic carbocycles. The number of amides is 1. The molecule has 0 radical (unpaired) electrons. The normalized spacial score (nSPS) is 19.8. The fourth-order valence-electron chi connectivity index (χ4n) is 4.35. The fourth-order valence-corrected chi connectivity index (χ4v) is 4.35. The van der Waals surface area contributed by atoms with E-state index in [1.807, 2.05) is 30.5 Å². The maximum Gasteiger partial charge on any atom is 0.222 e. The number of nitrogens with zero attached hydrogens (tertiary/aromatic N) is 3. The first kappa shape index (κ1) is 20.5. The second-order valence-electron chi connectivity index (χ2n) is 8.15. The topological polar surface area (TPSA) is 58.4 Å². The highest BCUT2D eigenvalue weighted by Gasteiger charge is 2.36. The van der Waals surface area contributed by atoms with Crippen LogP contribution in [0.25, 0.3) is 0 Å². The highest BCUT2D eigenvalue weighted by molar-refractivity contribution is 5.76. The molecule has 1 aromatic heterocycles. The largest absolute Gasteiger partial charge is 0.396 e. The average molecular weight is 387 g/mol. The zero-order valence-electron chi connectivity index (χ0n) is 17.0. The third-order valence-electron chi connectivity index (χ3n) is 6.09. The van der Waals surface area contributed by atoms with Crippen molar-refractivity contribution in [1.82, 2.24) is 14.7 Å². The molecule has 1 aliphatic rings. The molecular formula is C22H30FN3O2. The molecular weight excluding hydrogens is 357 g/mol. The average Bonchev–Trinajstić information content (AvgIpc) is 2.93. The summed E-state index contributed by atoms with van der Waals surface area (Å²) in [6.45, 7) is 5.31. The van der Waals surface area contributed by atoms with E-state index < -0.39 is 0 Å². The van der Waals surface area contributed by atoms with Crippen molar-refractivity contribution in [1.29, 1.82) is 0 Å². The highest BCUT2D eigenvalue weighted by atomic mass is 19.1. The number of carbonyl (C=O) groups is 1. The number of halogens is 1. The number of carbonyl (C=O) groups excluding carboxylic acids is 1. The second kappa shape index (κ2) is 8.43. The molecule has 0 spiro atoms. The van der Waals surface area contributed by atoms with Crippen LogP contribution in [0.2, 0.25) is 0 Å². The maximum atomic E-state index is 13.2. The van der Waals surface area contributed by atoms with E-state index in [9.17, 15) is 14.3 Å². The zero-order valence-corrected chi connectivity index (χ0v) is 17.0. The van der Waals surface area contributed by atoms with Gasteiger partial charge in [0.2, 0.25) is 5.91 Å². The molecule has 1 atom stereocenters. The van der Waals surface area contributed by atoms with E-state index in [4.69, 9.17) is 0 Å². The van der Waals surface area contributed by atoms with Crippen molar-refractivity contribution in [2.24, 2.45) is 12.5 Å². The summed E-state index contributed by atoms with van der Waals surface area (Å²) in [6.07, 6.45) is 3.52. The highest BCUT2D eigenvalue weighted by Crippen LogP contribution is 2.34. The molecule has 3 rings (SSSR count). The predicted octanol–water partition coefficient (Wildman–Crippen LogP) is 2.95. The lowest BCUT2D eigenvalue weighted by atomic mass is 9.75. The van der Waals surface area contributed by atoms with Crippen LogP contribution >= 0.6 is 0 Å². The van der Waals surface area contributed by atoms with Gasteiger partial charge in [-0.3, -0.25) is 9.48 Å². The molecule has 1 amide bonds. The van der Waals surface area contributed by atoms with Crippen molar-refractivity contribution in [3.8, 4) is 0 Å². The van der Waals surface area contributed by atoms with Crippen LogP contribution in [0, 0.1) is 25.1 Å². The smallest absolute Gasteiger partial charge is 0.222 e. The fraction of sp³-hybridized carbons (Fsp3) is 0.545. The number of benzene rings is 1. The minimum atomic E-state index is -0.355. The molecule has 152 valence electrons. The van der Waals surface area contributed by atoms with Crippen LogP contribution in [0.15, 0.2) is 24.3 Å². The number of aliphatic hydroxyl groups excluding tert-OH is 1. The second-order valence-corrected chi connectivity index (χ2v) is 8.15. The SMILES string of the molecule is Cc1nn(C)c(C)c1CCC(=O)N1CCC[C@@](CO)(Cc2ccc(F)cc2)C1. The number of aromatic nitrogens is 2. The molecule has 2 aromatic rings. The molecule has 1 aliphatic heterocycles. The maximum absolute atomic E-state index is 13.2. The van der Waals surface area contributed by atoms with Crippen LogP contribution < -0.4 is 0 Å². The van der Waals surface area contributed by atoms with Gasteiger partial charge in [-0.15, -0.1) is 0 Å². The van der Waals surface area contributed by atoms with Crippen molar-refractivity contribution < 1.29 is 14.3 Å². The van der Waals surface area contributed by atoms with Crippen molar-refractivity contribution >= 4 is 5.91 Å². The van der Waals surface area contributed by atoms with Gasteiger partial charge in [0, 0.05) is 37.7 Å². The molecule has 2 heterocycles. The van der Waals surface area contributed by atoms with E-state index in [0.717, 1.165) is 41.9 Å². The Morgan fingerprint density at radius 3 is 2.61 bits per heavy atom.